The van der Waals surface area contributed by atoms with Gasteiger partial charge in [-0.1, -0.05) is 6.07 Å². The standard InChI is InChI=1S/C21H23FN2O4S/c1-13-11-17(23-19(25)15-3-2-4-16(22)12-15)29-18(13)20(26)24-7-5-14(6-8-24)21-27-9-10-28-21/h2-4,11-12,14,21H,5-10H2,1H3,(H,23,25). The lowest BCUT2D eigenvalue weighted by atomic mass is 9.96. The van der Waals surface area contributed by atoms with Gasteiger partial charge in [0.1, 0.15) is 5.82 Å². The number of aryl methyl sites for hydroxylation is 1. The van der Waals surface area contributed by atoms with Crippen LogP contribution in [0.4, 0.5) is 9.39 Å². The van der Waals surface area contributed by atoms with Crippen LogP contribution in [0.3, 0.4) is 0 Å². The molecule has 0 bridgehead atoms. The number of nitrogens with one attached hydrogen (secondary N) is 1. The van der Waals surface area contributed by atoms with Crippen LogP contribution in [0.25, 0.3) is 0 Å². The monoisotopic (exact) mass is 418 g/mol. The lowest BCUT2D eigenvalue weighted by Gasteiger charge is -2.33. The van der Waals surface area contributed by atoms with Crippen LogP contribution in [0.5, 0.6) is 0 Å². The van der Waals surface area contributed by atoms with E-state index in [9.17, 15) is 14.0 Å². The molecule has 0 saturated carbocycles. The zero-order valence-corrected chi connectivity index (χ0v) is 17.0. The highest BCUT2D eigenvalue weighted by Crippen LogP contribution is 2.31. The van der Waals surface area contributed by atoms with Gasteiger partial charge in [0.05, 0.1) is 23.1 Å². The zero-order valence-electron chi connectivity index (χ0n) is 16.2. The maximum absolute atomic E-state index is 13.3. The van der Waals surface area contributed by atoms with Gasteiger partial charge in [0.2, 0.25) is 0 Å². The van der Waals surface area contributed by atoms with Gasteiger partial charge in [-0.2, -0.15) is 0 Å². The number of benzene rings is 1. The Morgan fingerprint density at radius 2 is 1.90 bits per heavy atom. The van der Waals surface area contributed by atoms with E-state index >= 15 is 0 Å². The number of carbonyl (C=O) groups is 2. The van der Waals surface area contributed by atoms with Gasteiger partial charge in [-0.05, 0) is 49.6 Å². The number of carbonyl (C=O) groups excluding carboxylic acids is 2. The van der Waals surface area contributed by atoms with Gasteiger partial charge >= 0.3 is 0 Å². The first kappa shape index (κ1) is 20.0. The molecule has 1 N–H and O–H groups in total. The number of thiophene rings is 1. The molecule has 0 aliphatic carbocycles. The summed E-state index contributed by atoms with van der Waals surface area (Å²) in [6, 6.07) is 7.29. The second kappa shape index (κ2) is 8.61. The van der Waals surface area contributed by atoms with Crippen LogP contribution in [0.2, 0.25) is 0 Å². The number of rotatable bonds is 4. The average molecular weight is 418 g/mol. The Bertz CT molecular complexity index is 902. The van der Waals surface area contributed by atoms with Crippen LogP contribution in [0, 0.1) is 18.7 Å². The van der Waals surface area contributed by atoms with Crippen molar-refractivity contribution in [1.82, 2.24) is 4.90 Å². The van der Waals surface area contributed by atoms with E-state index in [1.165, 1.54) is 29.5 Å². The Kier molecular flexibility index (Phi) is 5.94. The predicted molar refractivity (Wildman–Crippen MR) is 108 cm³/mol. The molecule has 0 atom stereocenters. The summed E-state index contributed by atoms with van der Waals surface area (Å²) >= 11 is 1.25. The molecule has 0 unspecified atom stereocenters. The van der Waals surface area contributed by atoms with Crippen molar-refractivity contribution < 1.29 is 23.5 Å². The summed E-state index contributed by atoms with van der Waals surface area (Å²) in [5, 5.41) is 3.33. The molecular formula is C21H23FN2O4S. The average Bonchev–Trinajstić information content (AvgIpc) is 3.37. The molecule has 6 nitrogen and oxygen atoms in total. The van der Waals surface area contributed by atoms with Crippen LogP contribution < -0.4 is 5.32 Å². The van der Waals surface area contributed by atoms with E-state index in [-0.39, 0.29) is 17.8 Å². The lowest BCUT2D eigenvalue weighted by Crippen LogP contribution is -2.41. The number of anilines is 1. The number of hydrogen-bond acceptors (Lipinski definition) is 5. The fourth-order valence-corrected chi connectivity index (χ4v) is 4.77. The molecule has 1 aromatic carbocycles. The number of hydrogen-bond donors (Lipinski definition) is 1. The third-order valence-corrected chi connectivity index (χ3v) is 6.44. The molecule has 1 aromatic heterocycles. The van der Waals surface area contributed by atoms with Gasteiger partial charge in [0.25, 0.3) is 11.8 Å². The van der Waals surface area contributed by atoms with Gasteiger partial charge in [0, 0.05) is 24.6 Å². The van der Waals surface area contributed by atoms with Crippen molar-refractivity contribution in [3.63, 3.8) is 0 Å². The number of ether oxygens (including phenoxy) is 2. The number of likely N-dealkylation sites (tertiary alicyclic amines) is 1. The summed E-state index contributed by atoms with van der Waals surface area (Å²) in [6.07, 6.45) is 1.56. The highest BCUT2D eigenvalue weighted by Gasteiger charge is 2.32. The van der Waals surface area contributed by atoms with Gasteiger partial charge in [-0.25, -0.2) is 4.39 Å². The van der Waals surface area contributed by atoms with Crippen molar-refractivity contribution in [2.75, 3.05) is 31.6 Å². The Hall–Kier alpha value is -2.29. The summed E-state index contributed by atoms with van der Waals surface area (Å²) < 4.78 is 24.5. The third kappa shape index (κ3) is 4.49. The topological polar surface area (TPSA) is 67.9 Å². The number of halogens is 1. The first-order valence-electron chi connectivity index (χ1n) is 9.71. The molecule has 3 heterocycles. The molecule has 8 heteroatoms. The van der Waals surface area contributed by atoms with E-state index in [0.29, 0.717) is 42.1 Å². The molecular weight excluding hydrogens is 395 g/mol. The Labute approximate surface area is 172 Å². The Morgan fingerprint density at radius 1 is 1.17 bits per heavy atom. The van der Waals surface area contributed by atoms with Crippen molar-refractivity contribution in [3.8, 4) is 0 Å². The fourth-order valence-electron chi connectivity index (χ4n) is 3.74. The second-order valence-corrected chi connectivity index (χ2v) is 8.38. The summed E-state index contributed by atoms with van der Waals surface area (Å²) in [5.41, 5.74) is 1.06. The maximum Gasteiger partial charge on any atom is 0.264 e. The SMILES string of the molecule is Cc1cc(NC(=O)c2cccc(F)c2)sc1C(=O)N1CCC(C2OCCO2)CC1. The van der Waals surface area contributed by atoms with Crippen molar-refractivity contribution in [3.05, 3.63) is 52.2 Å². The van der Waals surface area contributed by atoms with E-state index in [0.717, 1.165) is 18.4 Å². The van der Waals surface area contributed by atoms with Gasteiger partial charge < -0.3 is 19.7 Å². The van der Waals surface area contributed by atoms with Gasteiger partial charge in [0.15, 0.2) is 6.29 Å². The number of piperidine rings is 1. The zero-order chi connectivity index (χ0) is 20.4. The van der Waals surface area contributed by atoms with Crippen molar-refractivity contribution >= 4 is 28.2 Å². The summed E-state index contributed by atoms with van der Waals surface area (Å²) in [6.45, 7) is 4.46. The van der Waals surface area contributed by atoms with Crippen LogP contribution in [0.1, 0.15) is 38.4 Å². The quantitative estimate of drug-likeness (QED) is 0.823. The first-order chi connectivity index (χ1) is 14.0. The molecule has 29 heavy (non-hydrogen) atoms. The van der Waals surface area contributed by atoms with Crippen molar-refractivity contribution in [2.24, 2.45) is 5.92 Å². The molecule has 2 aliphatic heterocycles. The molecule has 154 valence electrons. The highest BCUT2D eigenvalue weighted by atomic mass is 32.1. The predicted octanol–water partition coefficient (Wildman–Crippen LogP) is 3.67. The minimum Gasteiger partial charge on any atom is -0.350 e. The fraction of sp³-hybridized carbons (Fsp3) is 0.429. The van der Waals surface area contributed by atoms with Crippen molar-refractivity contribution in [1.29, 1.82) is 0 Å². The van der Waals surface area contributed by atoms with E-state index in [1.807, 2.05) is 11.8 Å². The molecule has 0 radical (unpaired) electrons. The molecule has 0 spiro atoms. The first-order valence-corrected chi connectivity index (χ1v) is 10.5. The Balaban J connectivity index is 1.38. The van der Waals surface area contributed by atoms with E-state index < -0.39 is 11.7 Å². The largest absolute Gasteiger partial charge is 0.350 e. The number of amides is 2. The van der Waals surface area contributed by atoms with E-state index in [4.69, 9.17) is 9.47 Å². The van der Waals surface area contributed by atoms with Crippen LogP contribution in [0.15, 0.2) is 30.3 Å². The maximum atomic E-state index is 13.3. The van der Waals surface area contributed by atoms with E-state index in [2.05, 4.69) is 5.32 Å². The molecule has 4 rings (SSSR count). The summed E-state index contributed by atoms with van der Waals surface area (Å²) in [4.78, 5) is 27.8. The summed E-state index contributed by atoms with van der Waals surface area (Å²) in [7, 11) is 0. The molecule has 2 aromatic rings. The van der Waals surface area contributed by atoms with Gasteiger partial charge in [-0.15, -0.1) is 11.3 Å². The second-order valence-electron chi connectivity index (χ2n) is 7.33. The smallest absolute Gasteiger partial charge is 0.264 e. The molecule has 2 saturated heterocycles. The third-order valence-electron chi connectivity index (χ3n) is 5.29. The minimum atomic E-state index is -0.465. The van der Waals surface area contributed by atoms with Crippen LogP contribution >= 0.6 is 11.3 Å². The molecule has 2 aliphatic rings. The molecule has 2 amide bonds. The van der Waals surface area contributed by atoms with Crippen LogP contribution in [-0.4, -0.2) is 49.3 Å². The lowest BCUT2D eigenvalue weighted by molar-refractivity contribution is -0.0956. The highest BCUT2D eigenvalue weighted by molar-refractivity contribution is 7.18. The van der Waals surface area contributed by atoms with Crippen LogP contribution in [-0.2, 0) is 9.47 Å². The van der Waals surface area contributed by atoms with E-state index in [1.54, 1.807) is 12.1 Å². The normalized spacial score (nSPS) is 18.2. The minimum absolute atomic E-state index is 0.0227. The number of nitrogens with zero attached hydrogens (tertiary/aromatic N) is 1. The Morgan fingerprint density at radius 3 is 2.59 bits per heavy atom. The molecule has 2 fully saturated rings. The van der Waals surface area contributed by atoms with Crippen molar-refractivity contribution in [2.45, 2.75) is 26.1 Å². The van der Waals surface area contributed by atoms with Gasteiger partial charge in [-0.3, -0.25) is 9.59 Å². The summed E-state index contributed by atoms with van der Waals surface area (Å²) in [5.74, 6) is -0.563.